The number of hydrogen-bond donors (Lipinski definition) is 1. The summed E-state index contributed by atoms with van der Waals surface area (Å²) in [4.78, 5) is 16.7. The quantitative estimate of drug-likeness (QED) is 0.865. The third-order valence-corrected chi connectivity index (χ3v) is 7.63. The Kier molecular flexibility index (Phi) is 5.51. The number of carbonyl (C=O) groups excluding carboxylic acids is 1. The van der Waals surface area contributed by atoms with Crippen LogP contribution in [0.1, 0.15) is 31.4 Å². The van der Waals surface area contributed by atoms with Gasteiger partial charge < -0.3 is 5.32 Å². The van der Waals surface area contributed by atoms with Gasteiger partial charge in [-0.15, -0.1) is 11.3 Å². The molecule has 134 valence electrons. The highest BCUT2D eigenvalue weighted by Gasteiger charge is 2.34. The number of nitrogens with one attached hydrogen (secondary N) is 1. The number of aromatic nitrogens is 1. The van der Waals surface area contributed by atoms with Crippen molar-refractivity contribution in [2.75, 3.05) is 13.1 Å². The first kappa shape index (κ1) is 18.0. The average Bonchev–Trinajstić information content (AvgIpc) is 3.18. The van der Waals surface area contributed by atoms with E-state index in [1.165, 1.54) is 15.6 Å². The lowest BCUT2D eigenvalue weighted by molar-refractivity contribution is -0.126. The van der Waals surface area contributed by atoms with E-state index in [0.29, 0.717) is 23.6 Å². The van der Waals surface area contributed by atoms with Crippen LogP contribution in [0.4, 0.5) is 0 Å². The molecule has 0 aliphatic carbocycles. The standard InChI is InChI=1S/C17H21N3O3S2/c1-13(14-5-2-8-18-11-14)19-17(21)15-6-3-9-20(12-15)25(22,23)16-7-4-10-24-16/h2,4-5,7-8,10-11,13,15H,3,6,9,12H2,1H3,(H,19,21). The monoisotopic (exact) mass is 379 g/mol. The van der Waals surface area contributed by atoms with Gasteiger partial charge in [0.25, 0.3) is 10.0 Å². The van der Waals surface area contributed by atoms with Crippen molar-refractivity contribution in [3.63, 3.8) is 0 Å². The van der Waals surface area contributed by atoms with Crippen LogP contribution in [0.2, 0.25) is 0 Å². The lowest BCUT2D eigenvalue weighted by Crippen LogP contribution is -2.45. The highest BCUT2D eigenvalue weighted by Crippen LogP contribution is 2.26. The van der Waals surface area contributed by atoms with Gasteiger partial charge in [0, 0.05) is 25.5 Å². The molecule has 2 atom stereocenters. The third-order valence-electron chi connectivity index (χ3n) is 4.39. The molecule has 1 aliphatic rings. The van der Waals surface area contributed by atoms with E-state index < -0.39 is 10.0 Å². The first-order valence-corrected chi connectivity index (χ1v) is 10.5. The molecule has 0 saturated carbocycles. The van der Waals surface area contributed by atoms with Crippen LogP contribution in [0.25, 0.3) is 0 Å². The summed E-state index contributed by atoms with van der Waals surface area (Å²) >= 11 is 1.20. The molecule has 3 rings (SSSR count). The van der Waals surface area contributed by atoms with Gasteiger partial charge in [0.15, 0.2) is 0 Å². The molecule has 1 fully saturated rings. The highest BCUT2D eigenvalue weighted by molar-refractivity contribution is 7.91. The van der Waals surface area contributed by atoms with E-state index in [1.54, 1.807) is 29.9 Å². The van der Waals surface area contributed by atoms with Gasteiger partial charge in [-0.05, 0) is 42.8 Å². The molecule has 1 saturated heterocycles. The van der Waals surface area contributed by atoms with E-state index in [9.17, 15) is 13.2 Å². The van der Waals surface area contributed by atoms with Gasteiger partial charge in [-0.1, -0.05) is 12.1 Å². The van der Waals surface area contributed by atoms with Crippen LogP contribution >= 0.6 is 11.3 Å². The minimum Gasteiger partial charge on any atom is -0.349 e. The van der Waals surface area contributed by atoms with Crippen molar-refractivity contribution in [2.45, 2.75) is 30.0 Å². The van der Waals surface area contributed by atoms with Crippen LogP contribution < -0.4 is 5.32 Å². The fourth-order valence-corrected chi connectivity index (χ4v) is 5.63. The molecule has 3 heterocycles. The summed E-state index contributed by atoms with van der Waals surface area (Å²) in [5.74, 6) is -0.440. The molecule has 1 aliphatic heterocycles. The Morgan fingerprint density at radius 1 is 1.40 bits per heavy atom. The Balaban J connectivity index is 1.66. The second-order valence-electron chi connectivity index (χ2n) is 6.15. The van der Waals surface area contributed by atoms with Crippen LogP contribution in [-0.2, 0) is 14.8 Å². The number of thiophene rings is 1. The maximum atomic E-state index is 12.7. The summed E-state index contributed by atoms with van der Waals surface area (Å²) < 4.78 is 27.1. The molecule has 1 N–H and O–H groups in total. The molecule has 2 aromatic heterocycles. The number of sulfonamides is 1. The van der Waals surface area contributed by atoms with Crippen molar-refractivity contribution in [3.8, 4) is 0 Å². The van der Waals surface area contributed by atoms with Crippen molar-refractivity contribution in [3.05, 3.63) is 47.6 Å². The number of pyridine rings is 1. The Labute approximate surface area is 151 Å². The van der Waals surface area contributed by atoms with Crippen molar-refractivity contribution < 1.29 is 13.2 Å². The molecular formula is C17H21N3O3S2. The minimum absolute atomic E-state index is 0.109. The van der Waals surface area contributed by atoms with Crippen molar-refractivity contribution in [2.24, 2.45) is 5.92 Å². The molecule has 0 spiro atoms. The van der Waals surface area contributed by atoms with Crippen molar-refractivity contribution >= 4 is 27.3 Å². The third kappa shape index (κ3) is 4.08. The van der Waals surface area contributed by atoms with Crippen molar-refractivity contribution in [1.82, 2.24) is 14.6 Å². The van der Waals surface area contributed by atoms with Gasteiger partial charge in [0.1, 0.15) is 4.21 Å². The second-order valence-corrected chi connectivity index (χ2v) is 9.26. The molecule has 8 heteroatoms. The number of piperidine rings is 1. The van der Waals surface area contributed by atoms with E-state index in [0.717, 1.165) is 5.56 Å². The fraction of sp³-hybridized carbons (Fsp3) is 0.412. The topological polar surface area (TPSA) is 79.4 Å². The first-order valence-electron chi connectivity index (χ1n) is 8.22. The van der Waals surface area contributed by atoms with Crippen LogP contribution in [0, 0.1) is 5.92 Å². The van der Waals surface area contributed by atoms with Gasteiger partial charge in [0.05, 0.1) is 12.0 Å². The second kappa shape index (κ2) is 7.63. The van der Waals surface area contributed by atoms with E-state index in [1.807, 2.05) is 19.1 Å². The number of hydrogen-bond acceptors (Lipinski definition) is 5. The normalized spacial score (nSPS) is 20.1. The summed E-state index contributed by atoms with van der Waals surface area (Å²) in [6, 6.07) is 6.90. The largest absolute Gasteiger partial charge is 0.349 e. The van der Waals surface area contributed by atoms with E-state index in [2.05, 4.69) is 10.3 Å². The zero-order valence-electron chi connectivity index (χ0n) is 14.0. The maximum absolute atomic E-state index is 12.7. The zero-order valence-corrected chi connectivity index (χ0v) is 15.6. The minimum atomic E-state index is -3.50. The molecule has 2 unspecified atom stereocenters. The fourth-order valence-electron chi connectivity index (χ4n) is 2.96. The van der Waals surface area contributed by atoms with Gasteiger partial charge in [-0.25, -0.2) is 8.42 Å². The summed E-state index contributed by atoms with van der Waals surface area (Å²) in [6.07, 6.45) is 4.79. The Hall–Kier alpha value is -1.77. The number of rotatable bonds is 5. The van der Waals surface area contributed by atoms with E-state index in [-0.39, 0.29) is 24.4 Å². The van der Waals surface area contributed by atoms with Crippen LogP contribution in [0.5, 0.6) is 0 Å². The predicted octanol–water partition coefficient (Wildman–Crippen LogP) is 2.42. The summed E-state index contributed by atoms with van der Waals surface area (Å²) in [5, 5.41) is 4.72. The van der Waals surface area contributed by atoms with Gasteiger partial charge in [-0.2, -0.15) is 4.31 Å². The lowest BCUT2D eigenvalue weighted by Gasteiger charge is -2.31. The Morgan fingerprint density at radius 3 is 2.92 bits per heavy atom. The van der Waals surface area contributed by atoms with Gasteiger partial charge in [-0.3, -0.25) is 9.78 Å². The predicted molar refractivity (Wildman–Crippen MR) is 96.6 cm³/mol. The molecule has 25 heavy (non-hydrogen) atoms. The first-order chi connectivity index (χ1) is 12.0. The van der Waals surface area contributed by atoms with Crippen molar-refractivity contribution in [1.29, 1.82) is 0 Å². The van der Waals surface area contributed by atoms with Crippen LogP contribution in [0.3, 0.4) is 0 Å². The lowest BCUT2D eigenvalue weighted by atomic mass is 9.98. The van der Waals surface area contributed by atoms with Crippen LogP contribution in [0.15, 0.2) is 46.2 Å². The summed E-state index contributed by atoms with van der Waals surface area (Å²) in [5.41, 5.74) is 0.926. The van der Waals surface area contributed by atoms with E-state index >= 15 is 0 Å². The summed E-state index contributed by atoms with van der Waals surface area (Å²) in [6.45, 7) is 2.59. The number of nitrogens with zero attached hydrogens (tertiary/aromatic N) is 2. The smallest absolute Gasteiger partial charge is 0.252 e. The Bertz CT molecular complexity index is 807. The van der Waals surface area contributed by atoms with Gasteiger partial charge >= 0.3 is 0 Å². The highest BCUT2D eigenvalue weighted by atomic mass is 32.2. The van der Waals surface area contributed by atoms with Crippen LogP contribution in [-0.4, -0.2) is 36.7 Å². The molecule has 0 bridgehead atoms. The number of amides is 1. The Morgan fingerprint density at radius 2 is 2.24 bits per heavy atom. The average molecular weight is 380 g/mol. The SMILES string of the molecule is CC(NC(=O)C1CCCN(S(=O)(=O)c2cccs2)C1)c1cccnc1. The zero-order chi connectivity index (χ0) is 17.9. The molecule has 2 aromatic rings. The molecule has 0 radical (unpaired) electrons. The molecule has 0 aromatic carbocycles. The summed E-state index contributed by atoms with van der Waals surface area (Å²) in [7, 11) is -3.50. The van der Waals surface area contributed by atoms with Gasteiger partial charge in [0.2, 0.25) is 5.91 Å². The number of carbonyl (C=O) groups is 1. The molecule has 1 amide bonds. The molecule has 6 nitrogen and oxygen atoms in total. The van der Waals surface area contributed by atoms with E-state index in [4.69, 9.17) is 0 Å². The molecular weight excluding hydrogens is 358 g/mol. The maximum Gasteiger partial charge on any atom is 0.252 e.